The molecule has 0 radical (unpaired) electrons. The van der Waals surface area contributed by atoms with Gasteiger partial charge in [0.2, 0.25) is 11.6 Å². The van der Waals surface area contributed by atoms with Gasteiger partial charge in [-0.05, 0) is 24.3 Å². The van der Waals surface area contributed by atoms with Crippen LogP contribution in [0.4, 0.5) is 28.9 Å². The van der Waals surface area contributed by atoms with Gasteiger partial charge < -0.3 is 5.32 Å². The Kier molecular flexibility index (Phi) is 3.17. The maximum Gasteiger partial charge on any atom is 0.253 e. The predicted octanol–water partition coefficient (Wildman–Crippen LogP) is 3.93. The molecule has 2 aromatic heterocycles. The number of rotatable bonds is 2. The van der Waals surface area contributed by atoms with Crippen LogP contribution < -0.4 is 5.32 Å². The first kappa shape index (κ1) is 13.3. The third-order valence-electron chi connectivity index (χ3n) is 2.87. The van der Waals surface area contributed by atoms with Gasteiger partial charge in [-0.3, -0.25) is 4.98 Å². The molecular weight excluding hydrogens is 286 g/mol. The lowest BCUT2D eigenvalue weighted by atomic mass is 10.2. The van der Waals surface area contributed by atoms with Gasteiger partial charge >= 0.3 is 0 Å². The number of hydrogen-bond donors (Lipinski definition) is 1. The molecule has 3 aromatic rings. The molecule has 1 N–H and O–H groups in total. The Balaban J connectivity index is 2.06. The second-order valence-corrected chi connectivity index (χ2v) is 4.23. The van der Waals surface area contributed by atoms with Crippen LogP contribution >= 0.6 is 0 Å². The highest BCUT2D eigenvalue weighted by molar-refractivity contribution is 5.83. The molecule has 0 aliphatic rings. The van der Waals surface area contributed by atoms with Gasteiger partial charge in [0.05, 0.1) is 5.52 Å². The van der Waals surface area contributed by atoms with Gasteiger partial charge in [-0.15, -0.1) is 0 Å². The number of anilines is 2. The van der Waals surface area contributed by atoms with Crippen LogP contribution in [0.5, 0.6) is 0 Å². The molecule has 0 fully saturated rings. The summed E-state index contributed by atoms with van der Waals surface area (Å²) in [5.41, 5.74) is 0.0117. The highest BCUT2D eigenvalue weighted by Crippen LogP contribution is 2.27. The molecule has 3 rings (SSSR count). The Morgan fingerprint density at radius 1 is 0.905 bits per heavy atom. The molecule has 0 spiro atoms. The van der Waals surface area contributed by atoms with Crippen molar-refractivity contribution in [1.82, 2.24) is 9.97 Å². The van der Waals surface area contributed by atoms with Crippen LogP contribution in [0.15, 0.2) is 36.5 Å². The van der Waals surface area contributed by atoms with Gasteiger partial charge in [-0.25, -0.2) is 0 Å². The first-order valence-electron chi connectivity index (χ1n) is 5.88. The zero-order valence-electron chi connectivity index (χ0n) is 10.4. The number of halogens is 4. The quantitative estimate of drug-likeness (QED) is 0.574. The van der Waals surface area contributed by atoms with E-state index in [-0.39, 0.29) is 5.69 Å². The predicted molar refractivity (Wildman–Crippen MR) is 69.1 cm³/mol. The fourth-order valence-electron chi connectivity index (χ4n) is 1.89. The average Bonchev–Trinajstić information content (AvgIpc) is 2.49. The first-order chi connectivity index (χ1) is 10.1. The Bertz CT molecular complexity index is 810. The molecule has 0 amide bonds. The second-order valence-electron chi connectivity index (χ2n) is 4.23. The summed E-state index contributed by atoms with van der Waals surface area (Å²) in [7, 11) is 0. The van der Waals surface area contributed by atoms with E-state index in [9.17, 15) is 17.6 Å². The fraction of sp³-hybridized carbons (Fsp3) is 0. The second kappa shape index (κ2) is 5.01. The average molecular weight is 293 g/mol. The topological polar surface area (TPSA) is 37.8 Å². The van der Waals surface area contributed by atoms with Crippen LogP contribution in [-0.2, 0) is 0 Å². The molecule has 0 saturated carbocycles. The van der Waals surface area contributed by atoms with E-state index in [0.717, 1.165) is 0 Å². The van der Waals surface area contributed by atoms with Crippen LogP contribution in [0.3, 0.4) is 0 Å². The van der Waals surface area contributed by atoms with Crippen LogP contribution in [0.2, 0.25) is 0 Å². The van der Waals surface area contributed by atoms with Gasteiger partial charge in [-0.2, -0.15) is 22.5 Å². The molecule has 1 aromatic carbocycles. The molecule has 3 nitrogen and oxygen atoms in total. The standard InChI is InChI=1S/C14H7F4N3/c15-10-12(11(16)14(18)21-13(10)17)20-8-3-4-9-7(6-8)2-1-5-19-9/h1-6H,(H,20,21). The van der Waals surface area contributed by atoms with Crippen molar-refractivity contribution in [2.24, 2.45) is 0 Å². The third kappa shape index (κ3) is 2.37. The minimum absolute atomic E-state index is 0.262. The maximum absolute atomic E-state index is 13.5. The lowest BCUT2D eigenvalue weighted by molar-refractivity contribution is 0.411. The van der Waals surface area contributed by atoms with Crippen LogP contribution in [0.1, 0.15) is 0 Å². The molecular formula is C14H7F4N3. The Hall–Kier alpha value is -2.70. The van der Waals surface area contributed by atoms with Gasteiger partial charge in [0.1, 0.15) is 5.69 Å². The highest BCUT2D eigenvalue weighted by atomic mass is 19.2. The van der Waals surface area contributed by atoms with E-state index in [1.54, 1.807) is 30.5 Å². The van der Waals surface area contributed by atoms with Gasteiger partial charge in [-0.1, -0.05) is 6.07 Å². The van der Waals surface area contributed by atoms with Gasteiger partial charge in [0, 0.05) is 17.3 Å². The molecule has 7 heteroatoms. The molecule has 21 heavy (non-hydrogen) atoms. The van der Waals surface area contributed by atoms with E-state index in [4.69, 9.17) is 0 Å². The van der Waals surface area contributed by atoms with Crippen molar-refractivity contribution in [3.63, 3.8) is 0 Å². The van der Waals surface area contributed by atoms with Crippen molar-refractivity contribution in [3.05, 3.63) is 60.1 Å². The van der Waals surface area contributed by atoms with E-state index in [2.05, 4.69) is 15.3 Å². The smallest absolute Gasteiger partial charge is 0.253 e. The number of fused-ring (bicyclic) bond motifs is 1. The third-order valence-corrected chi connectivity index (χ3v) is 2.87. The van der Waals surface area contributed by atoms with Crippen molar-refractivity contribution >= 4 is 22.3 Å². The Morgan fingerprint density at radius 2 is 1.62 bits per heavy atom. The van der Waals surface area contributed by atoms with Gasteiger partial charge in [0.15, 0.2) is 0 Å². The number of pyridine rings is 2. The van der Waals surface area contributed by atoms with Crippen LogP contribution in [0, 0.1) is 23.5 Å². The van der Waals surface area contributed by atoms with Crippen LogP contribution in [-0.4, -0.2) is 9.97 Å². The van der Waals surface area contributed by atoms with Crippen LogP contribution in [0.25, 0.3) is 10.9 Å². The summed E-state index contributed by atoms with van der Waals surface area (Å²) < 4.78 is 53.1. The number of hydrogen-bond acceptors (Lipinski definition) is 3. The highest BCUT2D eigenvalue weighted by Gasteiger charge is 2.20. The summed E-state index contributed by atoms with van der Waals surface area (Å²) in [5.74, 6) is -6.59. The lowest BCUT2D eigenvalue weighted by Gasteiger charge is -2.10. The normalized spacial score (nSPS) is 10.9. The molecule has 106 valence electrons. The summed E-state index contributed by atoms with van der Waals surface area (Å²) in [5, 5.41) is 3.02. The maximum atomic E-state index is 13.5. The molecule has 0 bridgehead atoms. The minimum Gasteiger partial charge on any atom is -0.350 e. The Labute approximate surface area is 116 Å². The largest absolute Gasteiger partial charge is 0.350 e. The Morgan fingerprint density at radius 3 is 2.33 bits per heavy atom. The summed E-state index contributed by atoms with van der Waals surface area (Å²) in [6.07, 6.45) is 1.60. The van der Waals surface area contributed by atoms with Crippen molar-refractivity contribution in [3.8, 4) is 0 Å². The number of aromatic nitrogens is 2. The van der Waals surface area contributed by atoms with E-state index in [1.807, 2.05) is 0 Å². The van der Waals surface area contributed by atoms with Crippen molar-refractivity contribution in [2.75, 3.05) is 5.32 Å². The number of benzene rings is 1. The van der Waals surface area contributed by atoms with E-state index in [1.165, 1.54) is 6.07 Å². The monoisotopic (exact) mass is 293 g/mol. The summed E-state index contributed by atoms with van der Waals surface area (Å²) in [6.45, 7) is 0. The summed E-state index contributed by atoms with van der Waals surface area (Å²) in [4.78, 5) is 6.58. The van der Waals surface area contributed by atoms with Gasteiger partial charge in [0.25, 0.3) is 11.9 Å². The van der Waals surface area contributed by atoms with E-state index in [0.29, 0.717) is 10.9 Å². The van der Waals surface area contributed by atoms with E-state index < -0.39 is 29.2 Å². The zero-order valence-corrected chi connectivity index (χ0v) is 10.4. The first-order valence-corrected chi connectivity index (χ1v) is 5.88. The van der Waals surface area contributed by atoms with Crippen molar-refractivity contribution in [1.29, 1.82) is 0 Å². The fourth-order valence-corrected chi connectivity index (χ4v) is 1.89. The molecule has 0 atom stereocenters. The number of nitrogens with zero attached hydrogens (tertiary/aromatic N) is 2. The molecule has 0 aliphatic heterocycles. The molecule has 0 aliphatic carbocycles. The molecule has 0 unspecified atom stereocenters. The minimum atomic E-state index is -1.71. The molecule has 2 heterocycles. The molecule has 0 saturated heterocycles. The SMILES string of the molecule is Fc1nc(F)c(F)c(Nc2ccc3ncccc3c2)c1F. The summed E-state index contributed by atoms with van der Waals surface area (Å²) in [6, 6.07) is 8.09. The van der Waals surface area contributed by atoms with E-state index >= 15 is 0 Å². The lowest BCUT2D eigenvalue weighted by Crippen LogP contribution is -2.06. The van der Waals surface area contributed by atoms with Crippen molar-refractivity contribution < 1.29 is 17.6 Å². The number of nitrogens with one attached hydrogen (secondary N) is 1. The summed E-state index contributed by atoms with van der Waals surface area (Å²) >= 11 is 0. The zero-order chi connectivity index (χ0) is 15.0. The van der Waals surface area contributed by atoms with Crippen molar-refractivity contribution in [2.45, 2.75) is 0 Å².